The summed E-state index contributed by atoms with van der Waals surface area (Å²) in [5.74, 6) is -0.841. The van der Waals surface area contributed by atoms with E-state index in [1.807, 2.05) is 61.5 Å². The van der Waals surface area contributed by atoms with Crippen molar-refractivity contribution in [2.75, 3.05) is 5.32 Å². The molecule has 0 saturated heterocycles. The molecule has 146 valence electrons. The van der Waals surface area contributed by atoms with Gasteiger partial charge in [-0.2, -0.15) is 0 Å². The second kappa shape index (κ2) is 6.41. The third-order valence-corrected chi connectivity index (χ3v) is 6.74. The van der Waals surface area contributed by atoms with Crippen LogP contribution in [0.2, 0.25) is 0 Å². The molecule has 5 nitrogen and oxygen atoms in total. The lowest BCUT2D eigenvalue weighted by Crippen LogP contribution is -2.56. The largest absolute Gasteiger partial charge is 0.490 e. The number of benzene rings is 2. The highest BCUT2D eigenvalue weighted by Crippen LogP contribution is 2.61. The summed E-state index contributed by atoms with van der Waals surface area (Å²) in [7, 11) is 0. The number of para-hydroxylation sites is 2. The van der Waals surface area contributed by atoms with Gasteiger partial charge in [-0.1, -0.05) is 49.4 Å². The van der Waals surface area contributed by atoms with Crippen LogP contribution in [0.4, 0.5) is 5.69 Å². The predicted molar refractivity (Wildman–Crippen MR) is 108 cm³/mol. The van der Waals surface area contributed by atoms with Crippen LogP contribution in [0, 0.1) is 11.8 Å². The minimum atomic E-state index is -1.18. The predicted octanol–water partition coefficient (Wildman–Crippen LogP) is 3.40. The number of fused-ring (bicyclic) bond motifs is 6. The zero-order chi connectivity index (χ0) is 20.2. The Morgan fingerprint density at radius 2 is 1.86 bits per heavy atom. The van der Waals surface area contributed by atoms with Crippen molar-refractivity contribution in [3.8, 4) is 5.75 Å². The van der Waals surface area contributed by atoms with Gasteiger partial charge in [0.15, 0.2) is 0 Å². The van der Waals surface area contributed by atoms with Crippen LogP contribution in [0.3, 0.4) is 0 Å². The summed E-state index contributed by atoms with van der Waals surface area (Å²) >= 11 is 0. The molecule has 0 unspecified atom stereocenters. The molecule has 0 aromatic heterocycles. The lowest BCUT2D eigenvalue weighted by atomic mass is 9.51. The van der Waals surface area contributed by atoms with Crippen LogP contribution in [-0.4, -0.2) is 24.6 Å². The third kappa shape index (κ3) is 2.18. The highest BCUT2D eigenvalue weighted by molar-refractivity contribution is 6.10. The molecule has 1 amide bonds. The van der Waals surface area contributed by atoms with Crippen molar-refractivity contribution in [1.29, 1.82) is 0 Å². The number of hydrogen-bond donors (Lipinski definition) is 1. The molecule has 2 aromatic carbocycles. The van der Waals surface area contributed by atoms with Crippen molar-refractivity contribution in [1.82, 2.24) is 0 Å². The molecule has 3 aliphatic rings. The molecule has 5 heteroatoms. The number of hydrogen-bond acceptors (Lipinski definition) is 4. The van der Waals surface area contributed by atoms with Crippen molar-refractivity contribution in [3.05, 3.63) is 71.3 Å². The Morgan fingerprint density at radius 3 is 2.62 bits per heavy atom. The second-order valence-corrected chi connectivity index (χ2v) is 7.92. The van der Waals surface area contributed by atoms with Crippen molar-refractivity contribution in [2.24, 2.45) is 11.8 Å². The average molecular weight is 387 g/mol. The van der Waals surface area contributed by atoms with Gasteiger partial charge in [0.25, 0.3) is 0 Å². The maximum atomic E-state index is 13.6. The molecule has 2 heterocycles. The molecule has 0 saturated carbocycles. The smallest absolute Gasteiger partial charge is 0.236 e. The molecular formula is C24H21NO4. The fraction of sp³-hybridized carbons (Fsp3) is 0.292. The van der Waals surface area contributed by atoms with E-state index in [0.29, 0.717) is 11.3 Å². The van der Waals surface area contributed by atoms with Crippen LogP contribution in [0.15, 0.2) is 60.2 Å². The number of allylic oxidation sites excluding steroid dienone is 1. The monoisotopic (exact) mass is 387 g/mol. The first kappa shape index (κ1) is 17.9. The van der Waals surface area contributed by atoms with E-state index in [2.05, 4.69) is 5.32 Å². The maximum absolute atomic E-state index is 13.6. The van der Waals surface area contributed by atoms with Gasteiger partial charge in [-0.05, 0) is 35.3 Å². The van der Waals surface area contributed by atoms with Crippen LogP contribution in [-0.2, 0) is 19.8 Å². The standard InChI is InChI=1S/C24H21NO4/c1-2-20-16-11-14(12-26)18(13-27)24(17-8-4-5-9-19(17)25-23(24)28)22(16)15-7-3-6-10-21(15)29-20/h3-13,16,18,20,22H,2H2,1H3,(H,25,28)/t16-,18-,20-,22-,24+/m1/s1. The zero-order valence-electron chi connectivity index (χ0n) is 16.0. The van der Waals surface area contributed by atoms with E-state index in [0.717, 1.165) is 35.9 Å². The number of carbonyl (C=O) groups is 3. The summed E-state index contributed by atoms with van der Waals surface area (Å²) in [6.45, 7) is 2.03. The molecule has 2 aliphatic heterocycles. The minimum Gasteiger partial charge on any atom is -0.490 e. The topological polar surface area (TPSA) is 72.5 Å². The Kier molecular flexibility index (Phi) is 3.95. The molecule has 0 radical (unpaired) electrons. The first-order chi connectivity index (χ1) is 14.2. The molecular weight excluding hydrogens is 366 g/mol. The van der Waals surface area contributed by atoms with Crippen LogP contribution < -0.4 is 10.1 Å². The number of amides is 1. The van der Waals surface area contributed by atoms with Crippen molar-refractivity contribution in [3.63, 3.8) is 0 Å². The summed E-state index contributed by atoms with van der Waals surface area (Å²) in [6, 6.07) is 15.2. The molecule has 29 heavy (non-hydrogen) atoms. The van der Waals surface area contributed by atoms with Crippen LogP contribution in [0.1, 0.15) is 30.4 Å². The number of ether oxygens (including phenoxy) is 1. The van der Waals surface area contributed by atoms with Crippen LogP contribution in [0.5, 0.6) is 5.75 Å². The minimum absolute atomic E-state index is 0.185. The van der Waals surface area contributed by atoms with Crippen LogP contribution in [0.25, 0.3) is 0 Å². The van der Waals surface area contributed by atoms with Crippen molar-refractivity contribution < 1.29 is 19.1 Å². The number of aldehydes is 2. The summed E-state index contributed by atoms with van der Waals surface area (Å²) < 4.78 is 6.26. The van der Waals surface area contributed by atoms with Gasteiger partial charge in [-0.15, -0.1) is 0 Å². The molecule has 0 fully saturated rings. The number of nitrogens with one attached hydrogen (secondary N) is 1. The van der Waals surface area contributed by atoms with Gasteiger partial charge in [0.05, 0.1) is 11.3 Å². The van der Waals surface area contributed by atoms with E-state index >= 15 is 0 Å². The lowest BCUT2D eigenvalue weighted by molar-refractivity contribution is -0.129. The van der Waals surface area contributed by atoms with Crippen molar-refractivity contribution >= 4 is 24.2 Å². The summed E-state index contributed by atoms with van der Waals surface area (Å²) in [4.78, 5) is 38.0. The summed E-state index contributed by atoms with van der Waals surface area (Å²) in [6.07, 6.45) is 3.88. The van der Waals surface area contributed by atoms with E-state index in [9.17, 15) is 14.4 Å². The number of anilines is 1. The van der Waals surface area contributed by atoms with Gasteiger partial charge in [0.2, 0.25) is 5.91 Å². The molecule has 2 aromatic rings. The van der Waals surface area contributed by atoms with Gasteiger partial charge in [-0.25, -0.2) is 0 Å². The fourth-order valence-electron chi connectivity index (χ4n) is 5.62. The Morgan fingerprint density at radius 1 is 1.10 bits per heavy atom. The molecule has 5 rings (SSSR count). The Balaban J connectivity index is 1.88. The average Bonchev–Trinajstić information content (AvgIpc) is 3.05. The van der Waals surface area contributed by atoms with E-state index in [1.54, 1.807) is 0 Å². The highest BCUT2D eigenvalue weighted by atomic mass is 16.5. The zero-order valence-corrected chi connectivity index (χ0v) is 16.0. The first-order valence-corrected chi connectivity index (χ1v) is 9.95. The lowest BCUT2D eigenvalue weighted by Gasteiger charge is -2.51. The van der Waals surface area contributed by atoms with Crippen LogP contribution >= 0.6 is 0 Å². The van der Waals surface area contributed by atoms with E-state index in [1.165, 1.54) is 0 Å². The van der Waals surface area contributed by atoms with E-state index in [4.69, 9.17) is 4.74 Å². The summed E-state index contributed by atoms with van der Waals surface area (Å²) in [5, 5.41) is 2.98. The van der Waals surface area contributed by atoms with E-state index < -0.39 is 11.3 Å². The van der Waals surface area contributed by atoms with Gasteiger partial charge < -0.3 is 14.8 Å². The Bertz CT molecular complexity index is 1060. The maximum Gasteiger partial charge on any atom is 0.236 e. The SMILES string of the molecule is CC[C@H]1Oc2ccccc2[C@@H]2[C@@H]1C=C(C=O)[C@@H](C=O)[C@]21C(=O)Nc2ccccc21. The van der Waals surface area contributed by atoms with Gasteiger partial charge in [0, 0.05) is 17.5 Å². The van der Waals surface area contributed by atoms with Gasteiger partial charge in [-0.3, -0.25) is 9.59 Å². The Labute approximate surface area is 168 Å². The normalized spacial score (nSPS) is 31.6. The second-order valence-electron chi connectivity index (χ2n) is 7.92. The Hall–Kier alpha value is -3.21. The van der Waals surface area contributed by atoms with E-state index in [-0.39, 0.29) is 23.8 Å². The quantitative estimate of drug-likeness (QED) is 0.820. The molecule has 0 bridgehead atoms. The molecule has 5 atom stereocenters. The fourth-order valence-corrected chi connectivity index (χ4v) is 5.62. The van der Waals surface area contributed by atoms with Gasteiger partial charge in [0.1, 0.15) is 24.4 Å². The molecule has 1 spiro atoms. The van der Waals surface area contributed by atoms with Crippen molar-refractivity contribution in [2.45, 2.75) is 30.8 Å². The molecule has 1 aliphatic carbocycles. The summed E-state index contributed by atoms with van der Waals surface area (Å²) in [5.41, 5.74) is 1.56. The number of carbonyl (C=O) groups excluding carboxylic acids is 3. The van der Waals surface area contributed by atoms with Gasteiger partial charge >= 0.3 is 0 Å². The third-order valence-electron chi connectivity index (χ3n) is 6.74. The number of rotatable bonds is 3. The molecule has 1 N–H and O–H groups in total. The highest BCUT2D eigenvalue weighted by Gasteiger charge is 2.64. The first-order valence-electron chi connectivity index (χ1n) is 9.95.